The van der Waals surface area contributed by atoms with E-state index < -0.39 is 0 Å². The van der Waals surface area contributed by atoms with Crippen molar-refractivity contribution in [1.29, 1.82) is 0 Å². The number of carbonyl (C=O) groups is 2. The number of amides is 2. The molecule has 0 spiro atoms. The third kappa shape index (κ3) is 3.59. The van der Waals surface area contributed by atoms with Gasteiger partial charge in [0.2, 0.25) is 11.8 Å². The monoisotopic (exact) mass is 274 g/mol. The van der Waals surface area contributed by atoms with Crippen molar-refractivity contribution >= 4 is 11.8 Å². The van der Waals surface area contributed by atoms with Crippen LogP contribution in [0.15, 0.2) is 30.3 Å². The van der Waals surface area contributed by atoms with E-state index in [1.165, 1.54) is 0 Å². The van der Waals surface area contributed by atoms with Crippen molar-refractivity contribution in [1.82, 2.24) is 10.6 Å². The zero-order valence-electron chi connectivity index (χ0n) is 12.2. The van der Waals surface area contributed by atoms with Crippen molar-refractivity contribution < 1.29 is 9.59 Å². The largest absolute Gasteiger partial charge is 0.354 e. The van der Waals surface area contributed by atoms with Crippen LogP contribution in [0.5, 0.6) is 0 Å². The van der Waals surface area contributed by atoms with Crippen molar-refractivity contribution in [2.75, 3.05) is 0 Å². The fourth-order valence-electron chi connectivity index (χ4n) is 2.31. The van der Waals surface area contributed by atoms with Gasteiger partial charge in [-0.1, -0.05) is 30.3 Å². The predicted octanol–water partition coefficient (Wildman–Crippen LogP) is 2.02. The van der Waals surface area contributed by atoms with Crippen LogP contribution in [0.1, 0.15) is 38.8 Å². The fraction of sp³-hybridized carbons (Fsp3) is 0.500. The molecule has 0 heterocycles. The van der Waals surface area contributed by atoms with Gasteiger partial charge >= 0.3 is 0 Å². The van der Waals surface area contributed by atoms with Gasteiger partial charge in [0.05, 0.1) is 17.9 Å². The molecule has 1 saturated carbocycles. The lowest BCUT2D eigenvalue weighted by molar-refractivity contribution is -0.127. The first kappa shape index (κ1) is 14.6. The van der Waals surface area contributed by atoms with E-state index in [0.717, 1.165) is 5.56 Å². The van der Waals surface area contributed by atoms with Crippen LogP contribution in [0.2, 0.25) is 0 Å². The highest BCUT2D eigenvalue weighted by atomic mass is 16.2. The maximum atomic E-state index is 12.1. The Kier molecular flexibility index (Phi) is 4.42. The molecule has 1 fully saturated rings. The Morgan fingerprint density at radius 3 is 2.10 bits per heavy atom. The second kappa shape index (κ2) is 6.07. The first-order valence-electron chi connectivity index (χ1n) is 7.14. The van der Waals surface area contributed by atoms with Gasteiger partial charge < -0.3 is 10.6 Å². The van der Waals surface area contributed by atoms with Crippen LogP contribution in [0.4, 0.5) is 0 Å². The lowest BCUT2D eigenvalue weighted by Gasteiger charge is -2.14. The van der Waals surface area contributed by atoms with Gasteiger partial charge in [-0.25, -0.2) is 0 Å². The summed E-state index contributed by atoms with van der Waals surface area (Å²) in [7, 11) is 0. The fourth-order valence-corrected chi connectivity index (χ4v) is 2.31. The zero-order chi connectivity index (χ0) is 14.7. The molecule has 2 N–H and O–H groups in total. The van der Waals surface area contributed by atoms with Gasteiger partial charge in [-0.15, -0.1) is 0 Å². The molecule has 1 aliphatic carbocycles. The van der Waals surface area contributed by atoms with Crippen LogP contribution in [0.25, 0.3) is 0 Å². The molecule has 1 aliphatic rings. The summed E-state index contributed by atoms with van der Waals surface area (Å²) in [6, 6.07) is 9.92. The number of carbonyl (C=O) groups excluding carboxylic acids is 2. The van der Waals surface area contributed by atoms with E-state index in [2.05, 4.69) is 10.6 Å². The topological polar surface area (TPSA) is 58.2 Å². The Bertz CT molecular complexity index is 485. The van der Waals surface area contributed by atoms with E-state index in [9.17, 15) is 9.59 Å². The molecule has 4 heteroatoms. The quantitative estimate of drug-likeness (QED) is 0.863. The summed E-state index contributed by atoms with van der Waals surface area (Å²) >= 11 is 0. The number of hydrogen-bond acceptors (Lipinski definition) is 2. The summed E-state index contributed by atoms with van der Waals surface area (Å²) in [5.74, 6) is -0.349. The standard InChI is InChI=1S/C16H22N2O2/c1-10(2)17-15(19)13-9-14(13)16(20)18-11(3)12-7-5-4-6-8-12/h4-8,10-11,13-14H,9H2,1-3H3,(H,17,19)(H,18,20). The SMILES string of the molecule is CC(C)NC(=O)C1CC1C(=O)NC(C)c1ccccc1. The summed E-state index contributed by atoms with van der Waals surface area (Å²) in [4.78, 5) is 23.9. The molecular formula is C16H22N2O2. The normalized spacial score (nSPS) is 22.2. The van der Waals surface area contributed by atoms with Crippen molar-refractivity contribution in [3.8, 4) is 0 Å². The van der Waals surface area contributed by atoms with Crippen LogP contribution in [-0.2, 0) is 9.59 Å². The Hall–Kier alpha value is -1.84. The number of benzene rings is 1. The molecule has 0 aliphatic heterocycles. The summed E-state index contributed by atoms with van der Waals surface area (Å²) in [6.45, 7) is 5.80. The van der Waals surface area contributed by atoms with Gasteiger partial charge in [-0.2, -0.15) is 0 Å². The maximum Gasteiger partial charge on any atom is 0.224 e. The van der Waals surface area contributed by atoms with Crippen LogP contribution >= 0.6 is 0 Å². The van der Waals surface area contributed by atoms with Crippen molar-refractivity contribution in [3.05, 3.63) is 35.9 Å². The highest BCUT2D eigenvalue weighted by molar-refractivity contribution is 5.92. The van der Waals surface area contributed by atoms with Crippen molar-refractivity contribution in [2.24, 2.45) is 11.8 Å². The summed E-state index contributed by atoms with van der Waals surface area (Å²) < 4.78 is 0. The smallest absolute Gasteiger partial charge is 0.224 e. The molecule has 3 unspecified atom stereocenters. The lowest BCUT2D eigenvalue weighted by atomic mass is 10.1. The number of rotatable bonds is 5. The third-order valence-electron chi connectivity index (χ3n) is 3.55. The minimum absolute atomic E-state index is 0.00693. The Labute approximate surface area is 119 Å². The van der Waals surface area contributed by atoms with Crippen LogP contribution < -0.4 is 10.6 Å². The lowest BCUT2D eigenvalue weighted by Crippen LogP contribution is -2.34. The van der Waals surface area contributed by atoms with Crippen LogP contribution in [-0.4, -0.2) is 17.9 Å². The van der Waals surface area contributed by atoms with Gasteiger partial charge in [0, 0.05) is 6.04 Å². The predicted molar refractivity (Wildman–Crippen MR) is 77.9 cm³/mol. The minimum atomic E-state index is -0.167. The van der Waals surface area contributed by atoms with Gasteiger partial charge in [0.25, 0.3) is 0 Å². The summed E-state index contributed by atoms with van der Waals surface area (Å²) in [6.07, 6.45) is 0.659. The van der Waals surface area contributed by atoms with Gasteiger partial charge in [-0.3, -0.25) is 9.59 Å². The molecule has 2 rings (SSSR count). The van der Waals surface area contributed by atoms with E-state index >= 15 is 0 Å². The molecule has 3 atom stereocenters. The molecule has 0 bridgehead atoms. The highest BCUT2D eigenvalue weighted by Gasteiger charge is 2.48. The Morgan fingerprint density at radius 2 is 1.55 bits per heavy atom. The molecule has 0 radical (unpaired) electrons. The first-order valence-corrected chi connectivity index (χ1v) is 7.14. The summed E-state index contributed by atoms with van der Waals surface area (Å²) in [5.41, 5.74) is 1.07. The van der Waals surface area contributed by atoms with Crippen molar-refractivity contribution in [3.63, 3.8) is 0 Å². The van der Waals surface area contributed by atoms with Gasteiger partial charge in [0.15, 0.2) is 0 Å². The second-order valence-electron chi connectivity index (χ2n) is 5.75. The highest BCUT2D eigenvalue weighted by Crippen LogP contribution is 2.39. The van der Waals surface area contributed by atoms with E-state index in [1.54, 1.807) is 0 Å². The van der Waals surface area contributed by atoms with Crippen LogP contribution in [0, 0.1) is 11.8 Å². The molecule has 20 heavy (non-hydrogen) atoms. The molecule has 2 amide bonds. The molecule has 0 saturated heterocycles. The van der Waals surface area contributed by atoms with E-state index in [4.69, 9.17) is 0 Å². The second-order valence-corrected chi connectivity index (χ2v) is 5.75. The average molecular weight is 274 g/mol. The van der Waals surface area contributed by atoms with E-state index in [0.29, 0.717) is 6.42 Å². The van der Waals surface area contributed by atoms with Gasteiger partial charge in [-0.05, 0) is 32.8 Å². The molecule has 0 aromatic heterocycles. The van der Waals surface area contributed by atoms with Gasteiger partial charge in [0.1, 0.15) is 0 Å². The van der Waals surface area contributed by atoms with E-state index in [-0.39, 0.29) is 35.7 Å². The number of hydrogen-bond donors (Lipinski definition) is 2. The average Bonchev–Trinajstić information content (AvgIpc) is 3.19. The molecular weight excluding hydrogens is 252 g/mol. The maximum absolute atomic E-state index is 12.1. The zero-order valence-corrected chi connectivity index (χ0v) is 12.2. The third-order valence-corrected chi connectivity index (χ3v) is 3.55. The summed E-state index contributed by atoms with van der Waals surface area (Å²) in [5, 5.41) is 5.83. The minimum Gasteiger partial charge on any atom is -0.354 e. The molecule has 108 valence electrons. The molecule has 1 aromatic rings. The Morgan fingerprint density at radius 1 is 1.00 bits per heavy atom. The molecule has 4 nitrogen and oxygen atoms in total. The Balaban J connectivity index is 1.84. The first-order chi connectivity index (χ1) is 9.49. The van der Waals surface area contributed by atoms with Crippen LogP contribution in [0.3, 0.4) is 0 Å². The molecule has 1 aromatic carbocycles. The number of nitrogens with one attached hydrogen (secondary N) is 2. The van der Waals surface area contributed by atoms with E-state index in [1.807, 2.05) is 51.1 Å². The van der Waals surface area contributed by atoms with Crippen molar-refractivity contribution in [2.45, 2.75) is 39.3 Å².